The van der Waals surface area contributed by atoms with Gasteiger partial charge in [-0.05, 0) is 68.1 Å². The maximum absolute atomic E-state index is 13.2. The monoisotopic (exact) mass is 417 g/mol. The minimum absolute atomic E-state index is 0.0921. The molecule has 1 fully saturated rings. The highest BCUT2D eigenvalue weighted by Gasteiger charge is 2.32. The van der Waals surface area contributed by atoms with E-state index in [1.165, 1.54) is 6.07 Å². The van der Waals surface area contributed by atoms with Crippen molar-refractivity contribution >= 4 is 28.3 Å². The molecule has 0 aliphatic carbocycles. The quantitative estimate of drug-likeness (QED) is 0.630. The number of halogens is 3. The number of amides is 1. The standard InChI is InChI=1S/C22H22F3N3O2/c1-13-9-16-17(27-30-20(16)10-14(13)2)12-21(29)26-18-11-15(22(23,24)25)5-6-19(18)28-7-3-4-8-28/h5-6,9-11H,3-4,7-8,12H2,1-2H3,(H,26,29). The molecule has 0 saturated carbocycles. The third kappa shape index (κ3) is 3.99. The Morgan fingerprint density at radius 2 is 1.83 bits per heavy atom. The molecule has 0 bridgehead atoms. The summed E-state index contributed by atoms with van der Waals surface area (Å²) in [5.74, 6) is -0.441. The van der Waals surface area contributed by atoms with Crippen LogP contribution in [-0.4, -0.2) is 24.2 Å². The van der Waals surface area contributed by atoms with Crippen molar-refractivity contribution in [2.45, 2.75) is 39.3 Å². The minimum atomic E-state index is -4.49. The number of anilines is 2. The summed E-state index contributed by atoms with van der Waals surface area (Å²) in [6.45, 7) is 5.41. The number of rotatable bonds is 4. The van der Waals surface area contributed by atoms with Gasteiger partial charge < -0.3 is 14.7 Å². The molecule has 1 aromatic heterocycles. The molecule has 0 unspecified atom stereocenters. The van der Waals surface area contributed by atoms with Crippen molar-refractivity contribution in [3.05, 3.63) is 52.7 Å². The lowest BCUT2D eigenvalue weighted by atomic mass is 10.1. The SMILES string of the molecule is Cc1cc2onc(CC(=O)Nc3cc(C(F)(F)F)ccc3N3CCCC3)c2cc1C. The maximum Gasteiger partial charge on any atom is 0.416 e. The normalized spacial score (nSPS) is 14.5. The van der Waals surface area contributed by atoms with Crippen LogP contribution < -0.4 is 10.2 Å². The van der Waals surface area contributed by atoms with Crippen LogP contribution in [0.25, 0.3) is 11.0 Å². The van der Waals surface area contributed by atoms with Crippen LogP contribution in [0.3, 0.4) is 0 Å². The fourth-order valence-electron chi connectivity index (χ4n) is 3.76. The van der Waals surface area contributed by atoms with Gasteiger partial charge in [0.25, 0.3) is 0 Å². The van der Waals surface area contributed by atoms with Crippen molar-refractivity contribution in [3.63, 3.8) is 0 Å². The van der Waals surface area contributed by atoms with Crippen molar-refractivity contribution in [1.82, 2.24) is 5.16 Å². The molecule has 158 valence electrons. The van der Waals surface area contributed by atoms with Gasteiger partial charge in [0.2, 0.25) is 5.91 Å². The average molecular weight is 417 g/mol. The molecule has 2 aromatic carbocycles. The topological polar surface area (TPSA) is 58.4 Å². The number of carbonyl (C=O) groups is 1. The third-order valence-electron chi connectivity index (χ3n) is 5.53. The number of alkyl halides is 3. The van der Waals surface area contributed by atoms with Gasteiger partial charge in [-0.2, -0.15) is 13.2 Å². The summed E-state index contributed by atoms with van der Waals surface area (Å²) >= 11 is 0. The lowest BCUT2D eigenvalue weighted by molar-refractivity contribution is -0.137. The number of hydrogen-bond acceptors (Lipinski definition) is 4. The first-order valence-corrected chi connectivity index (χ1v) is 9.84. The van der Waals surface area contributed by atoms with E-state index in [0.717, 1.165) is 54.6 Å². The van der Waals surface area contributed by atoms with Gasteiger partial charge in [-0.3, -0.25) is 4.79 Å². The van der Waals surface area contributed by atoms with Crippen LogP contribution >= 0.6 is 0 Å². The Morgan fingerprint density at radius 1 is 1.13 bits per heavy atom. The zero-order valence-corrected chi connectivity index (χ0v) is 16.8. The predicted molar refractivity (Wildman–Crippen MR) is 109 cm³/mol. The molecule has 1 aliphatic heterocycles. The maximum atomic E-state index is 13.2. The number of fused-ring (bicyclic) bond motifs is 1. The highest BCUT2D eigenvalue weighted by molar-refractivity contribution is 5.97. The van der Waals surface area contributed by atoms with E-state index in [1.54, 1.807) is 0 Å². The van der Waals surface area contributed by atoms with Gasteiger partial charge in [-0.15, -0.1) is 0 Å². The van der Waals surface area contributed by atoms with Crippen LogP contribution in [0.1, 0.15) is 35.2 Å². The van der Waals surface area contributed by atoms with Crippen LogP contribution in [0.15, 0.2) is 34.9 Å². The number of nitrogens with zero attached hydrogens (tertiary/aromatic N) is 2. The Labute approximate surface area is 171 Å². The van der Waals surface area contributed by atoms with Crippen LogP contribution in [0, 0.1) is 13.8 Å². The van der Waals surface area contributed by atoms with Crippen molar-refractivity contribution in [2.75, 3.05) is 23.3 Å². The highest BCUT2D eigenvalue weighted by Crippen LogP contribution is 2.36. The first-order chi connectivity index (χ1) is 14.2. The molecule has 2 heterocycles. The Morgan fingerprint density at radius 3 is 2.53 bits per heavy atom. The fourth-order valence-corrected chi connectivity index (χ4v) is 3.76. The number of hydrogen-bond donors (Lipinski definition) is 1. The zero-order chi connectivity index (χ0) is 21.5. The molecule has 0 spiro atoms. The Bertz CT molecular complexity index is 1100. The number of aromatic nitrogens is 1. The van der Waals surface area contributed by atoms with Crippen LogP contribution in [-0.2, 0) is 17.4 Å². The zero-order valence-electron chi connectivity index (χ0n) is 16.8. The Balaban J connectivity index is 1.61. The molecule has 1 saturated heterocycles. The summed E-state index contributed by atoms with van der Waals surface area (Å²) in [7, 11) is 0. The first-order valence-electron chi connectivity index (χ1n) is 9.84. The highest BCUT2D eigenvalue weighted by atomic mass is 19.4. The molecule has 1 amide bonds. The summed E-state index contributed by atoms with van der Waals surface area (Å²) in [4.78, 5) is 14.7. The predicted octanol–water partition coefficient (Wildman–Crippen LogP) is 5.24. The second-order valence-electron chi connectivity index (χ2n) is 7.71. The van der Waals surface area contributed by atoms with Gasteiger partial charge in [0.05, 0.1) is 23.4 Å². The minimum Gasteiger partial charge on any atom is -0.370 e. The number of nitrogens with one attached hydrogen (secondary N) is 1. The molecule has 5 nitrogen and oxygen atoms in total. The molecule has 30 heavy (non-hydrogen) atoms. The van der Waals surface area contributed by atoms with E-state index in [-0.39, 0.29) is 12.1 Å². The molecule has 0 atom stereocenters. The van der Waals surface area contributed by atoms with Crippen LogP contribution in [0.5, 0.6) is 0 Å². The van der Waals surface area contributed by atoms with Crippen molar-refractivity contribution in [1.29, 1.82) is 0 Å². The van der Waals surface area contributed by atoms with E-state index in [0.29, 0.717) is 17.0 Å². The van der Waals surface area contributed by atoms with Gasteiger partial charge in [0.1, 0.15) is 5.69 Å². The van der Waals surface area contributed by atoms with E-state index in [1.807, 2.05) is 30.9 Å². The molecule has 1 N–H and O–H groups in total. The van der Waals surface area contributed by atoms with E-state index in [2.05, 4.69) is 10.5 Å². The second-order valence-corrected chi connectivity index (χ2v) is 7.71. The van der Waals surface area contributed by atoms with Gasteiger partial charge in [0, 0.05) is 18.5 Å². The lowest BCUT2D eigenvalue weighted by Crippen LogP contribution is -2.22. The molecule has 1 aliphatic rings. The number of carbonyl (C=O) groups excluding carboxylic acids is 1. The van der Waals surface area contributed by atoms with E-state index >= 15 is 0 Å². The molecule has 4 rings (SSSR count). The first kappa shape index (κ1) is 20.3. The molecule has 0 radical (unpaired) electrons. The van der Waals surface area contributed by atoms with E-state index < -0.39 is 17.6 Å². The van der Waals surface area contributed by atoms with Crippen molar-refractivity contribution in [2.24, 2.45) is 0 Å². The van der Waals surface area contributed by atoms with Crippen molar-refractivity contribution < 1.29 is 22.5 Å². The number of benzene rings is 2. The Hall–Kier alpha value is -3.03. The van der Waals surface area contributed by atoms with Crippen molar-refractivity contribution in [3.8, 4) is 0 Å². The second kappa shape index (κ2) is 7.66. The summed E-state index contributed by atoms with van der Waals surface area (Å²) in [5, 5.41) is 7.39. The smallest absolute Gasteiger partial charge is 0.370 e. The third-order valence-corrected chi connectivity index (χ3v) is 5.53. The molecular weight excluding hydrogens is 395 g/mol. The van der Waals surface area contributed by atoms with Gasteiger partial charge in [0.15, 0.2) is 5.58 Å². The van der Waals surface area contributed by atoms with Gasteiger partial charge >= 0.3 is 6.18 Å². The molecule has 3 aromatic rings. The fraction of sp³-hybridized carbons (Fsp3) is 0.364. The van der Waals surface area contributed by atoms with Crippen LogP contribution in [0.2, 0.25) is 0 Å². The molecular formula is C22H22F3N3O2. The van der Waals surface area contributed by atoms with E-state index in [9.17, 15) is 18.0 Å². The van der Waals surface area contributed by atoms with Gasteiger partial charge in [-0.1, -0.05) is 5.16 Å². The molecule has 8 heteroatoms. The summed E-state index contributed by atoms with van der Waals surface area (Å²) in [6, 6.07) is 7.25. The average Bonchev–Trinajstić information content (AvgIpc) is 3.33. The summed E-state index contributed by atoms with van der Waals surface area (Å²) in [5.41, 5.74) is 3.11. The summed E-state index contributed by atoms with van der Waals surface area (Å²) < 4.78 is 45.0. The van der Waals surface area contributed by atoms with E-state index in [4.69, 9.17) is 4.52 Å². The number of aryl methyl sites for hydroxylation is 2. The largest absolute Gasteiger partial charge is 0.416 e. The van der Waals surface area contributed by atoms with Crippen LogP contribution in [0.4, 0.5) is 24.5 Å². The summed E-state index contributed by atoms with van der Waals surface area (Å²) in [6.07, 6.45) is -2.64. The van der Waals surface area contributed by atoms with Gasteiger partial charge in [-0.25, -0.2) is 0 Å². The Kier molecular flexibility index (Phi) is 5.17. The lowest BCUT2D eigenvalue weighted by Gasteiger charge is -2.23.